The average Bonchev–Trinajstić information content (AvgIpc) is 2.58. The van der Waals surface area contributed by atoms with Crippen LogP contribution >= 0.6 is 11.6 Å². The van der Waals surface area contributed by atoms with Crippen LogP contribution in [0.25, 0.3) is 0 Å². The number of halogens is 1. The molecule has 0 saturated carbocycles. The number of hydrogen-bond donors (Lipinski definition) is 2. The van der Waals surface area contributed by atoms with Gasteiger partial charge in [-0.15, -0.1) is 0 Å². The molecule has 0 aliphatic carbocycles. The minimum absolute atomic E-state index is 0.0427. The van der Waals surface area contributed by atoms with Gasteiger partial charge in [0.25, 0.3) is 0 Å². The lowest BCUT2D eigenvalue weighted by Gasteiger charge is -2.35. The van der Waals surface area contributed by atoms with Gasteiger partial charge in [0.1, 0.15) is 0 Å². The fraction of sp³-hybridized carbons (Fsp3) is 0.588. The predicted octanol–water partition coefficient (Wildman–Crippen LogP) is 0.396. The highest BCUT2D eigenvalue weighted by molar-refractivity contribution is 6.31. The molecule has 1 aromatic rings. The number of rotatable bonds is 8. The van der Waals surface area contributed by atoms with Crippen molar-refractivity contribution in [3.8, 4) is 0 Å². The number of piperazine rings is 1. The summed E-state index contributed by atoms with van der Waals surface area (Å²) >= 11 is 6.11. The van der Waals surface area contributed by atoms with Crippen molar-refractivity contribution in [2.45, 2.75) is 12.5 Å². The molecular weight excluding hydrogens is 332 g/mol. The van der Waals surface area contributed by atoms with Crippen LogP contribution in [0, 0.1) is 0 Å². The highest BCUT2D eigenvalue weighted by atomic mass is 35.5. The molecule has 1 aromatic carbocycles. The summed E-state index contributed by atoms with van der Waals surface area (Å²) in [6.07, 6.45) is -0.265. The number of nitrogens with zero attached hydrogens (tertiary/aromatic N) is 2. The summed E-state index contributed by atoms with van der Waals surface area (Å²) in [5.41, 5.74) is 0.850. The molecule has 2 N–H and O–H groups in total. The van der Waals surface area contributed by atoms with E-state index in [2.05, 4.69) is 4.90 Å². The Bertz CT molecular complexity index is 521. The number of carbonyl (C=O) groups excluding carboxylic acids is 1. The Balaban J connectivity index is 1.72. The fourth-order valence-electron chi connectivity index (χ4n) is 2.73. The standard InChI is InChI=1S/C17H25ClN2O4/c18-16-4-2-1-3-14(16)11-17(23)20-7-5-19(6-8-20)12-15(22)13-24-10-9-21/h1-4,15,21-22H,5-13H2/t15-/m0/s1. The van der Waals surface area contributed by atoms with E-state index in [1.54, 1.807) is 6.07 Å². The third kappa shape index (κ3) is 6.03. The second-order valence-corrected chi connectivity index (χ2v) is 6.31. The number of β-amino-alcohol motifs (C(OH)–C–C–N with tert-alkyl or cyclic N) is 1. The van der Waals surface area contributed by atoms with Crippen molar-refractivity contribution in [1.82, 2.24) is 9.80 Å². The van der Waals surface area contributed by atoms with Crippen LogP contribution in [0.15, 0.2) is 24.3 Å². The third-order valence-corrected chi connectivity index (χ3v) is 4.41. The molecule has 134 valence electrons. The molecule has 1 aliphatic rings. The highest BCUT2D eigenvalue weighted by Gasteiger charge is 2.23. The zero-order valence-electron chi connectivity index (χ0n) is 13.7. The Morgan fingerprint density at radius 3 is 2.62 bits per heavy atom. The predicted molar refractivity (Wildman–Crippen MR) is 92.1 cm³/mol. The Morgan fingerprint density at radius 2 is 1.96 bits per heavy atom. The normalized spacial score (nSPS) is 17.0. The molecule has 1 saturated heterocycles. The molecule has 1 amide bonds. The molecule has 0 spiro atoms. The van der Waals surface area contributed by atoms with E-state index in [-0.39, 0.29) is 25.7 Å². The minimum Gasteiger partial charge on any atom is -0.394 e. The molecule has 2 rings (SSSR count). The van der Waals surface area contributed by atoms with Gasteiger partial charge in [0.05, 0.1) is 32.3 Å². The van der Waals surface area contributed by atoms with E-state index < -0.39 is 6.10 Å². The molecule has 1 atom stereocenters. The molecular formula is C17H25ClN2O4. The smallest absolute Gasteiger partial charge is 0.227 e. The number of aliphatic hydroxyl groups is 2. The first kappa shape index (κ1) is 19.1. The van der Waals surface area contributed by atoms with Gasteiger partial charge in [-0.1, -0.05) is 29.8 Å². The number of hydrogen-bond acceptors (Lipinski definition) is 5. The van der Waals surface area contributed by atoms with Crippen LogP contribution in [0.5, 0.6) is 0 Å². The second-order valence-electron chi connectivity index (χ2n) is 5.90. The SMILES string of the molecule is O=C(Cc1ccccc1Cl)N1CCN(C[C@H](O)COCCO)CC1. The van der Waals surface area contributed by atoms with Crippen molar-refractivity contribution in [3.05, 3.63) is 34.9 Å². The molecule has 0 aromatic heterocycles. The molecule has 1 aliphatic heterocycles. The van der Waals surface area contributed by atoms with Gasteiger partial charge in [0.2, 0.25) is 5.91 Å². The van der Waals surface area contributed by atoms with Gasteiger partial charge < -0.3 is 19.8 Å². The van der Waals surface area contributed by atoms with Gasteiger partial charge >= 0.3 is 0 Å². The molecule has 7 heteroatoms. The van der Waals surface area contributed by atoms with Crippen molar-refractivity contribution >= 4 is 17.5 Å². The van der Waals surface area contributed by atoms with Crippen molar-refractivity contribution in [3.63, 3.8) is 0 Å². The molecule has 0 unspecified atom stereocenters. The van der Waals surface area contributed by atoms with E-state index >= 15 is 0 Å². The second kappa shape index (κ2) is 9.96. The molecule has 1 fully saturated rings. The Hall–Kier alpha value is -1.18. The van der Waals surface area contributed by atoms with Crippen LogP contribution in [0.4, 0.5) is 0 Å². The molecule has 24 heavy (non-hydrogen) atoms. The molecule has 0 radical (unpaired) electrons. The van der Waals surface area contributed by atoms with Gasteiger partial charge in [-0.3, -0.25) is 9.69 Å². The van der Waals surface area contributed by atoms with Crippen molar-refractivity contribution in [2.75, 3.05) is 52.5 Å². The summed E-state index contributed by atoms with van der Waals surface area (Å²) in [5.74, 6) is 0.0783. The van der Waals surface area contributed by atoms with Gasteiger partial charge in [0, 0.05) is 37.7 Å². The van der Waals surface area contributed by atoms with E-state index in [4.69, 9.17) is 21.4 Å². The van der Waals surface area contributed by atoms with Crippen molar-refractivity contribution in [2.24, 2.45) is 0 Å². The largest absolute Gasteiger partial charge is 0.394 e. The highest BCUT2D eigenvalue weighted by Crippen LogP contribution is 2.16. The van der Waals surface area contributed by atoms with E-state index in [0.29, 0.717) is 31.1 Å². The van der Waals surface area contributed by atoms with Gasteiger partial charge in [-0.25, -0.2) is 0 Å². The number of carbonyl (C=O) groups is 1. The van der Waals surface area contributed by atoms with E-state index in [1.807, 2.05) is 23.1 Å². The van der Waals surface area contributed by atoms with E-state index in [1.165, 1.54) is 0 Å². The number of amides is 1. The number of aliphatic hydroxyl groups excluding tert-OH is 2. The van der Waals surface area contributed by atoms with Crippen LogP contribution < -0.4 is 0 Å². The maximum Gasteiger partial charge on any atom is 0.227 e. The van der Waals surface area contributed by atoms with Gasteiger partial charge in [-0.05, 0) is 11.6 Å². The lowest BCUT2D eigenvalue weighted by Crippen LogP contribution is -2.51. The first-order valence-electron chi connectivity index (χ1n) is 8.20. The Labute approximate surface area is 147 Å². The average molecular weight is 357 g/mol. The topological polar surface area (TPSA) is 73.2 Å². The van der Waals surface area contributed by atoms with Gasteiger partial charge in [0.15, 0.2) is 0 Å². The minimum atomic E-state index is -0.582. The maximum atomic E-state index is 12.4. The first-order chi connectivity index (χ1) is 11.6. The van der Waals surface area contributed by atoms with Crippen LogP contribution in [-0.2, 0) is 16.0 Å². The van der Waals surface area contributed by atoms with E-state index in [9.17, 15) is 9.90 Å². The molecule has 6 nitrogen and oxygen atoms in total. The summed E-state index contributed by atoms with van der Waals surface area (Å²) < 4.78 is 5.12. The lowest BCUT2D eigenvalue weighted by molar-refractivity contribution is -0.132. The summed E-state index contributed by atoms with van der Waals surface area (Å²) in [6, 6.07) is 7.40. The monoisotopic (exact) mass is 356 g/mol. The number of benzene rings is 1. The molecule has 1 heterocycles. The van der Waals surface area contributed by atoms with Crippen LogP contribution in [0.2, 0.25) is 5.02 Å². The lowest BCUT2D eigenvalue weighted by atomic mass is 10.1. The van der Waals surface area contributed by atoms with Crippen molar-refractivity contribution in [1.29, 1.82) is 0 Å². The van der Waals surface area contributed by atoms with Crippen molar-refractivity contribution < 1.29 is 19.7 Å². The maximum absolute atomic E-state index is 12.4. The fourth-order valence-corrected chi connectivity index (χ4v) is 2.93. The Morgan fingerprint density at radius 1 is 1.25 bits per heavy atom. The third-order valence-electron chi connectivity index (χ3n) is 4.04. The zero-order chi connectivity index (χ0) is 17.4. The summed E-state index contributed by atoms with van der Waals surface area (Å²) in [6.45, 7) is 3.67. The first-order valence-corrected chi connectivity index (χ1v) is 8.58. The quantitative estimate of drug-likeness (QED) is 0.659. The van der Waals surface area contributed by atoms with Crippen LogP contribution in [0.3, 0.4) is 0 Å². The summed E-state index contributed by atoms with van der Waals surface area (Å²) in [7, 11) is 0. The molecule has 0 bridgehead atoms. The Kier molecular flexibility index (Phi) is 7.94. The zero-order valence-corrected chi connectivity index (χ0v) is 14.5. The number of ether oxygens (including phenoxy) is 1. The van der Waals surface area contributed by atoms with Gasteiger partial charge in [-0.2, -0.15) is 0 Å². The van der Waals surface area contributed by atoms with Crippen LogP contribution in [0.1, 0.15) is 5.56 Å². The van der Waals surface area contributed by atoms with Crippen LogP contribution in [-0.4, -0.2) is 84.6 Å². The van der Waals surface area contributed by atoms with E-state index in [0.717, 1.165) is 18.7 Å². The summed E-state index contributed by atoms with van der Waals surface area (Å²) in [5, 5.41) is 19.1. The summed E-state index contributed by atoms with van der Waals surface area (Å²) in [4.78, 5) is 16.3.